The van der Waals surface area contributed by atoms with E-state index in [1.165, 1.54) is 4.31 Å². The third-order valence-electron chi connectivity index (χ3n) is 4.05. The van der Waals surface area contributed by atoms with Crippen LogP contribution in [0.15, 0.2) is 29.2 Å². The normalized spacial score (nSPS) is 18.7. The smallest absolute Gasteiger partial charge is 0.244 e. The standard InChI is InChI=1S/C15H24N2O3S/c1-15(8-10-20-11-9-15)12-16-13-6-4-5-7-14(13)21(18,19)17(2)3/h4-7,16H,8-12H2,1-3H3. The summed E-state index contributed by atoms with van der Waals surface area (Å²) < 4.78 is 31.3. The van der Waals surface area contributed by atoms with E-state index in [0.717, 1.165) is 32.6 Å². The number of hydrogen-bond acceptors (Lipinski definition) is 4. The SMILES string of the molecule is CN(C)S(=O)(=O)c1ccccc1NCC1(C)CCOCC1. The lowest BCUT2D eigenvalue weighted by atomic mass is 9.82. The summed E-state index contributed by atoms with van der Waals surface area (Å²) in [6.45, 7) is 4.51. The van der Waals surface area contributed by atoms with Gasteiger partial charge in [0.1, 0.15) is 4.90 Å². The molecule has 0 unspecified atom stereocenters. The van der Waals surface area contributed by atoms with Crippen LogP contribution in [0.4, 0.5) is 5.69 Å². The first-order chi connectivity index (χ1) is 9.85. The molecule has 0 amide bonds. The van der Waals surface area contributed by atoms with Crippen LogP contribution in [-0.4, -0.2) is 46.6 Å². The van der Waals surface area contributed by atoms with Crippen molar-refractivity contribution < 1.29 is 13.2 Å². The number of ether oxygens (including phenoxy) is 1. The summed E-state index contributed by atoms with van der Waals surface area (Å²) in [6.07, 6.45) is 1.98. The molecule has 1 fully saturated rings. The molecule has 1 aromatic carbocycles. The van der Waals surface area contributed by atoms with Gasteiger partial charge < -0.3 is 10.1 Å². The highest BCUT2D eigenvalue weighted by molar-refractivity contribution is 7.89. The number of anilines is 1. The van der Waals surface area contributed by atoms with E-state index in [2.05, 4.69) is 12.2 Å². The number of nitrogens with one attached hydrogen (secondary N) is 1. The van der Waals surface area contributed by atoms with E-state index < -0.39 is 10.0 Å². The van der Waals surface area contributed by atoms with Crippen molar-refractivity contribution in [2.24, 2.45) is 5.41 Å². The molecular formula is C15H24N2O3S. The molecule has 0 radical (unpaired) electrons. The molecule has 0 aliphatic carbocycles. The van der Waals surface area contributed by atoms with Gasteiger partial charge in [0.2, 0.25) is 10.0 Å². The zero-order valence-electron chi connectivity index (χ0n) is 12.9. The van der Waals surface area contributed by atoms with Gasteiger partial charge in [-0.25, -0.2) is 12.7 Å². The zero-order chi connectivity index (χ0) is 15.5. The minimum Gasteiger partial charge on any atom is -0.383 e. The number of para-hydroxylation sites is 1. The Morgan fingerprint density at radius 2 is 1.86 bits per heavy atom. The molecule has 1 heterocycles. The van der Waals surface area contributed by atoms with Crippen LogP contribution in [0.1, 0.15) is 19.8 Å². The van der Waals surface area contributed by atoms with Gasteiger partial charge in [0, 0.05) is 33.9 Å². The average Bonchev–Trinajstić information content (AvgIpc) is 2.46. The first-order valence-electron chi connectivity index (χ1n) is 7.18. The summed E-state index contributed by atoms with van der Waals surface area (Å²) >= 11 is 0. The fourth-order valence-corrected chi connectivity index (χ4v) is 3.45. The molecule has 0 spiro atoms. The minimum absolute atomic E-state index is 0.146. The van der Waals surface area contributed by atoms with Crippen molar-refractivity contribution in [1.82, 2.24) is 4.31 Å². The van der Waals surface area contributed by atoms with Crippen LogP contribution in [0.5, 0.6) is 0 Å². The fraction of sp³-hybridized carbons (Fsp3) is 0.600. The van der Waals surface area contributed by atoms with Crippen molar-refractivity contribution in [3.8, 4) is 0 Å². The third kappa shape index (κ3) is 3.75. The van der Waals surface area contributed by atoms with Crippen LogP contribution in [-0.2, 0) is 14.8 Å². The summed E-state index contributed by atoms with van der Waals surface area (Å²) in [6, 6.07) is 7.06. The predicted molar refractivity (Wildman–Crippen MR) is 84.0 cm³/mol. The largest absolute Gasteiger partial charge is 0.383 e. The highest BCUT2D eigenvalue weighted by Crippen LogP contribution is 2.31. The topological polar surface area (TPSA) is 58.6 Å². The van der Waals surface area contributed by atoms with Crippen LogP contribution in [0, 0.1) is 5.41 Å². The Morgan fingerprint density at radius 1 is 1.24 bits per heavy atom. The first-order valence-corrected chi connectivity index (χ1v) is 8.62. The van der Waals surface area contributed by atoms with Gasteiger partial charge in [-0.3, -0.25) is 0 Å². The second-order valence-corrected chi connectivity index (χ2v) is 8.18. The fourth-order valence-electron chi connectivity index (χ4n) is 2.38. The molecule has 5 nitrogen and oxygen atoms in total. The maximum atomic E-state index is 12.3. The van der Waals surface area contributed by atoms with Crippen LogP contribution in [0.2, 0.25) is 0 Å². The molecule has 1 aliphatic heterocycles. The van der Waals surface area contributed by atoms with E-state index in [1.807, 2.05) is 12.1 Å². The lowest BCUT2D eigenvalue weighted by molar-refractivity contribution is 0.0300. The molecule has 1 aliphatic rings. The van der Waals surface area contributed by atoms with Crippen molar-refractivity contribution in [2.45, 2.75) is 24.7 Å². The van der Waals surface area contributed by atoms with Crippen molar-refractivity contribution >= 4 is 15.7 Å². The highest BCUT2D eigenvalue weighted by Gasteiger charge is 2.28. The predicted octanol–water partition coefficient (Wildman–Crippen LogP) is 2.17. The summed E-state index contributed by atoms with van der Waals surface area (Å²) in [5.74, 6) is 0. The molecule has 1 saturated heterocycles. The van der Waals surface area contributed by atoms with Crippen LogP contribution >= 0.6 is 0 Å². The second-order valence-electron chi connectivity index (χ2n) is 6.06. The van der Waals surface area contributed by atoms with Crippen molar-refractivity contribution in [1.29, 1.82) is 0 Å². The quantitative estimate of drug-likeness (QED) is 0.905. The van der Waals surface area contributed by atoms with Gasteiger partial charge in [-0.05, 0) is 30.4 Å². The van der Waals surface area contributed by atoms with E-state index in [9.17, 15) is 8.42 Å². The molecule has 1 N–H and O–H groups in total. The van der Waals surface area contributed by atoms with Gasteiger partial charge in [0.15, 0.2) is 0 Å². The van der Waals surface area contributed by atoms with Gasteiger partial charge in [-0.1, -0.05) is 19.1 Å². The summed E-state index contributed by atoms with van der Waals surface area (Å²) in [5, 5.41) is 3.32. The number of hydrogen-bond donors (Lipinski definition) is 1. The monoisotopic (exact) mass is 312 g/mol. The van der Waals surface area contributed by atoms with Gasteiger partial charge >= 0.3 is 0 Å². The first kappa shape index (κ1) is 16.3. The molecule has 118 valence electrons. The lowest BCUT2D eigenvalue weighted by Gasteiger charge is -2.34. The third-order valence-corrected chi connectivity index (χ3v) is 5.92. The van der Waals surface area contributed by atoms with E-state index in [0.29, 0.717) is 10.6 Å². The van der Waals surface area contributed by atoms with Crippen molar-refractivity contribution in [3.63, 3.8) is 0 Å². The Kier molecular flexibility index (Phi) is 4.91. The lowest BCUT2D eigenvalue weighted by Crippen LogP contribution is -2.33. The Balaban J connectivity index is 2.18. The zero-order valence-corrected chi connectivity index (χ0v) is 13.7. The maximum absolute atomic E-state index is 12.3. The number of sulfonamides is 1. The Labute approximate surface area is 127 Å². The minimum atomic E-state index is -3.43. The van der Waals surface area contributed by atoms with Crippen LogP contribution in [0.25, 0.3) is 0 Å². The molecular weight excluding hydrogens is 288 g/mol. The molecule has 0 bridgehead atoms. The summed E-state index contributed by atoms with van der Waals surface area (Å²) in [7, 11) is -0.339. The van der Waals surface area contributed by atoms with E-state index in [4.69, 9.17) is 4.74 Å². The molecule has 0 aromatic heterocycles. The number of benzene rings is 1. The van der Waals surface area contributed by atoms with Gasteiger partial charge in [-0.2, -0.15) is 0 Å². The van der Waals surface area contributed by atoms with Gasteiger partial charge in [0.05, 0.1) is 5.69 Å². The number of nitrogens with zero attached hydrogens (tertiary/aromatic N) is 1. The number of rotatable bonds is 5. The molecule has 21 heavy (non-hydrogen) atoms. The molecule has 1 aromatic rings. The molecule has 2 rings (SSSR count). The van der Waals surface area contributed by atoms with E-state index in [1.54, 1.807) is 26.2 Å². The maximum Gasteiger partial charge on any atom is 0.244 e. The Bertz CT molecular complexity index is 578. The molecule has 0 saturated carbocycles. The van der Waals surface area contributed by atoms with E-state index in [-0.39, 0.29) is 5.41 Å². The highest BCUT2D eigenvalue weighted by atomic mass is 32.2. The van der Waals surface area contributed by atoms with Crippen molar-refractivity contribution in [3.05, 3.63) is 24.3 Å². The Hall–Kier alpha value is -1.11. The summed E-state index contributed by atoms with van der Waals surface area (Å²) in [5.41, 5.74) is 0.812. The van der Waals surface area contributed by atoms with Gasteiger partial charge in [-0.15, -0.1) is 0 Å². The summed E-state index contributed by atoms with van der Waals surface area (Å²) in [4.78, 5) is 0.325. The van der Waals surface area contributed by atoms with Crippen LogP contribution in [0.3, 0.4) is 0 Å². The molecule has 6 heteroatoms. The Morgan fingerprint density at radius 3 is 2.48 bits per heavy atom. The average molecular weight is 312 g/mol. The van der Waals surface area contributed by atoms with E-state index >= 15 is 0 Å². The van der Waals surface area contributed by atoms with Crippen molar-refractivity contribution in [2.75, 3.05) is 39.2 Å². The molecule has 0 atom stereocenters. The van der Waals surface area contributed by atoms with Crippen LogP contribution < -0.4 is 5.32 Å². The second kappa shape index (κ2) is 6.34. The van der Waals surface area contributed by atoms with Gasteiger partial charge in [0.25, 0.3) is 0 Å².